The number of nitrogens with one attached hydrogen (secondary N) is 1. The first kappa shape index (κ1) is 11.9. The van der Waals surface area contributed by atoms with E-state index < -0.39 is 0 Å². The van der Waals surface area contributed by atoms with Crippen LogP contribution < -0.4 is 5.32 Å². The molecule has 2 aromatic rings. The molecule has 2 fully saturated rings. The van der Waals surface area contributed by atoms with Gasteiger partial charge in [0.15, 0.2) is 11.6 Å². The lowest BCUT2D eigenvalue weighted by atomic mass is 10.2. The van der Waals surface area contributed by atoms with Crippen molar-refractivity contribution in [3.05, 3.63) is 29.7 Å². The zero-order valence-corrected chi connectivity index (χ0v) is 11.9. The molecule has 0 saturated heterocycles. The summed E-state index contributed by atoms with van der Waals surface area (Å²) in [6.45, 7) is 2.26. The third-order valence-electron chi connectivity index (χ3n) is 4.32. The van der Waals surface area contributed by atoms with Crippen molar-refractivity contribution in [1.82, 2.24) is 9.97 Å². The molecule has 2 heterocycles. The predicted octanol–water partition coefficient (Wildman–Crippen LogP) is 3.78. The highest BCUT2D eigenvalue weighted by atomic mass is 16.3. The van der Waals surface area contributed by atoms with Crippen molar-refractivity contribution in [2.75, 3.05) is 12.4 Å². The SMILES string of the molecule is CNc1cc(C2CC2)nc(-c2ccc(C3CC3C)o2)n1. The second kappa shape index (κ2) is 4.33. The molecule has 104 valence electrons. The second-order valence-corrected chi connectivity index (χ2v) is 6.05. The van der Waals surface area contributed by atoms with E-state index in [2.05, 4.69) is 28.3 Å². The Hall–Kier alpha value is -1.84. The molecule has 2 atom stereocenters. The summed E-state index contributed by atoms with van der Waals surface area (Å²) in [5.74, 6) is 5.41. The molecule has 0 aromatic carbocycles. The largest absolute Gasteiger partial charge is 0.457 e. The maximum atomic E-state index is 5.97. The molecule has 20 heavy (non-hydrogen) atoms. The highest BCUT2D eigenvalue weighted by Gasteiger charge is 2.37. The van der Waals surface area contributed by atoms with Gasteiger partial charge in [-0.1, -0.05) is 6.92 Å². The van der Waals surface area contributed by atoms with Crippen LogP contribution in [0.4, 0.5) is 5.82 Å². The number of hydrogen-bond acceptors (Lipinski definition) is 4. The van der Waals surface area contributed by atoms with Gasteiger partial charge in [0.25, 0.3) is 0 Å². The van der Waals surface area contributed by atoms with E-state index in [4.69, 9.17) is 4.42 Å². The van der Waals surface area contributed by atoms with Gasteiger partial charge in [-0.25, -0.2) is 9.97 Å². The lowest BCUT2D eigenvalue weighted by molar-refractivity contribution is 0.514. The molecule has 4 rings (SSSR count). The molecule has 0 bridgehead atoms. The van der Waals surface area contributed by atoms with Crippen molar-refractivity contribution in [2.24, 2.45) is 5.92 Å². The maximum absolute atomic E-state index is 5.97. The molecule has 2 aliphatic rings. The first-order valence-electron chi connectivity index (χ1n) is 7.41. The normalized spacial score (nSPS) is 24.7. The topological polar surface area (TPSA) is 51.0 Å². The number of anilines is 1. The Labute approximate surface area is 118 Å². The van der Waals surface area contributed by atoms with E-state index in [9.17, 15) is 0 Å². The fraction of sp³-hybridized carbons (Fsp3) is 0.500. The van der Waals surface area contributed by atoms with E-state index >= 15 is 0 Å². The molecule has 0 aliphatic heterocycles. The van der Waals surface area contributed by atoms with Gasteiger partial charge in [0.05, 0.1) is 0 Å². The Kier molecular flexibility index (Phi) is 2.59. The minimum Gasteiger partial charge on any atom is -0.457 e. The van der Waals surface area contributed by atoms with Crippen molar-refractivity contribution >= 4 is 5.82 Å². The molecule has 2 unspecified atom stereocenters. The van der Waals surface area contributed by atoms with E-state index in [0.29, 0.717) is 17.7 Å². The van der Waals surface area contributed by atoms with Crippen LogP contribution in [0.3, 0.4) is 0 Å². The molecule has 0 amide bonds. The Morgan fingerprint density at radius 3 is 2.70 bits per heavy atom. The van der Waals surface area contributed by atoms with Gasteiger partial charge in [0, 0.05) is 30.6 Å². The Morgan fingerprint density at radius 2 is 2.05 bits per heavy atom. The fourth-order valence-corrected chi connectivity index (χ4v) is 2.68. The van der Waals surface area contributed by atoms with Gasteiger partial charge in [-0.2, -0.15) is 0 Å². The smallest absolute Gasteiger partial charge is 0.197 e. The zero-order chi connectivity index (χ0) is 13.7. The molecule has 2 aromatic heterocycles. The van der Waals surface area contributed by atoms with Crippen LogP contribution in [-0.2, 0) is 0 Å². The molecule has 2 aliphatic carbocycles. The van der Waals surface area contributed by atoms with Gasteiger partial charge in [0.2, 0.25) is 0 Å². The Bertz CT molecular complexity index is 645. The minimum atomic E-state index is 0.596. The van der Waals surface area contributed by atoms with E-state index in [-0.39, 0.29) is 0 Å². The monoisotopic (exact) mass is 269 g/mol. The van der Waals surface area contributed by atoms with Crippen LogP contribution in [-0.4, -0.2) is 17.0 Å². The van der Waals surface area contributed by atoms with Crippen molar-refractivity contribution in [1.29, 1.82) is 0 Å². The molecule has 0 radical (unpaired) electrons. The summed E-state index contributed by atoms with van der Waals surface area (Å²) >= 11 is 0. The molecular weight excluding hydrogens is 250 g/mol. The first-order valence-corrected chi connectivity index (χ1v) is 7.41. The predicted molar refractivity (Wildman–Crippen MR) is 77.8 cm³/mol. The van der Waals surface area contributed by atoms with Gasteiger partial charge in [-0.05, 0) is 37.3 Å². The van der Waals surface area contributed by atoms with Crippen LogP contribution in [0.5, 0.6) is 0 Å². The summed E-state index contributed by atoms with van der Waals surface area (Å²) < 4.78 is 5.97. The molecule has 4 heteroatoms. The van der Waals surface area contributed by atoms with Crippen molar-refractivity contribution in [3.8, 4) is 11.6 Å². The number of furan rings is 1. The summed E-state index contributed by atoms with van der Waals surface area (Å²) in [6, 6.07) is 6.13. The van der Waals surface area contributed by atoms with Crippen molar-refractivity contribution in [3.63, 3.8) is 0 Å². The van der Waals surface area contributed by atoms with E-state index in [1.807, 2.05) is 19.2 Å². The lowest BCUT2D eigenvalue weighted by Gasteiger charge is -2.05. The number of aromatic nitrogens is 2. The molecular formula is C16H19N3O. The lowest BCUT2D eigenvalue weighted by Crippen LogP contribution is -1.99. The third kappa shape index (κ3) is 2.09. The average Bonchev–Trinajstić information content (AvgIpc) is 3.38. The fourth-order valence-electron chi connectivity index (χ4n) is 2.68. The van der Waals surface area contributed by atoms with E-state index in [1.54, 1.807) is 0 Å². The Balaban J connectivity index is 1.69. The van der Waals surface area contributed by atoms with Gasteiger partial charge in [-0.3, -0.25) is 0 Å². The Morgan fingerprint density at radius 1 is 1.25 bits per heavy atom. The van der Waals surface area contributed by atoms with Crippen molar-refractivity contribution < 1.29 is 4.42 Å². The minimum absolute atomic E-state index is 0.596. The summed E-state index contributed by atoms with van der Waals surface area (Å²) in [6.07, 6.45) is 3.71. The highest BCUT2D eigenvalue weighted by molar-refractivity contribution is 5.52. The molecule has 2 saturated carbocycles. The third-order valence-corrected chi connectivity index (χ3v) is 4.32. The summed E-state index contributed by atoms with van der Waals surface area (Å²) in [7, 11) is 1.89. The van der Waals surface area contributed by atoms with Crippen LogP contribution in [0.1, 0.15) is 49.5 Å². The quantitative estimate of drug-likeness (QED) is 0.917. The zero-order valence-electron chi connectivity index (χ0n) is 11.9. The first-order chi connectivity index (χ1) is 9.74. The summed E-state index contributed by atoms with van der Waals surface area (Å²) in [5, 5.41) is 3.12. The van der Waals surface area contributed by atoms with Crippen LogP contribution >= 0.6 is 0 Å². The van der Waals surface area contributed by atoms with Gasteiger partial charge >= 0.3 is 0 Å². The highest BCUT2D eigenvalue weighted by Crippen LogP contribution is 2.48. The second-order valence-electron chi connectivity index (χ2n) is 6.05. The van der Waals surface area contributed by atoms with Crippen LogP contribution in [0.2, 0.25) is 0 Å². The molecule has 1 N–H and O–H groups in total. The van der Waals surface area contributed by atoms with Crippen LogP contribution in [0.15, 0.2) is 22.6 Å². The van der Waals surface area contributed by atoms with Crippen LogP contribution in [0, 0.1) is 5.92 Å². The number of hydrogen-bond donors (Lipinski definition) is 1. The average molecular weight is 269 g/mol. The van der Waals surface area contributed by atoms with Crippen LogP contribution in [0.25, 0.3) is 11.6 Å². The standard InChI is InChI=1S/C16H19N3O/c1-9-7-11(9)13-5-6-14(20-13)16-18-12(10-3-4-10)8-15(17-2)19-16/h5-6,8-11H,3-4,7H2,1-2H3,(H,17,18,19). The van der Waals surface area contributed by atoms with E-state index in [1.165, 1.54) is 19.3 Å². The maximum Gasteiger partial charge on any atom is 0.197 e. The van der Waals surface area contributed by atoms with Gasteiger partial charge in [0.1, 0.15) is 11.6 Å². The van der Waals surface area contributed by atoms with Gasteiger partial charge < -0.3 is 9.73 Å². The molecule has 0 spiro atoms. The summed E-state index contributed by atoms with van der Waals surface area (Å²) in [4.78, 5) is 9.21. The summed E-state index contributed by atoms with van der Waals surface area (Å²) in [5.41, 5.74) is 1.14. The van der Waals surface area contributed by atoms with Crippen molar-refractivity contribution in [2.45, 2.75) is 38.0 Å². The van der Waals surface area contributed by atoms with Gasteiger partial charge in [-0.15, -0.1) is 0 Å². The number of rotatable bonds is 4. The van der Waals surface area contributed by atoms with E-state index in [0.717, 1.165) is 29.0 Å². The molecule has 4 nitrogen and oxygen atoms in total. The number of nitrogens with zero attached hydrogens (tertiary/aromatic N) is 2.